The highest BCUT2D eigenvalue weighted by Crippen LogP contribution is 2.49. The minimum Gasteiger partial charge on any atom is -0.444 e. The largest absolute Gasteiger partial charge is 0.444 e. The number of nitrogens with zero attached hydrogens (tertiary/aromatic N) is 2. The smallest absolute Gasteiger partial charge is 0.411 e. The molecule has 1 aromatic carbocycles. The van der Waals surface area contributed by atoms with Crippen molar-refractivity contribution in [1.29, 1.82) is 0 Å². The third-order valence-corrected chi connectivity index (χ3v) is 6.28. The van der Waals surface area contributed by atoms with E-state index in [0.29, 0.717) is 25.3 Å². The van der Waals surface area contributed by atoms with Crippen LogP contribution in [0.4, 0.5) is 10.5 Å². The average Bonchev–Trinajstić information content (AvgIpc) is 3.14. The van der Waals surface area contributed by atoms with E-state index < -0.39 is 11.1 Å². The number of carbonyl (C=O) groups is 3. The first-order valence-corrected chi connectivity index (χ1v) is 11.4. The molecule has 0 unspecified atom stereocenters. The van der Waals surface area contributed by atoms with Gasteiger partial charge in [0.05, 0.1) is 5.54 Å². The van der Waals surface area contributed by atoms with Crippen LogP contribution in [0.1, 0.15) is 68.7 Å². The van der Waals surface area contributed by atoms with E-state index >= 15 is 0 Å². The summed E-state index contributed by atoms with van der Waals surface area (Å²) in [6, 6.07) is 11.2. The second-order valence-corrected chi connectivity index (χ2v) is 9.83. The van der Waals surface area contributed by atoms with Crippen molar-refractivity contribution in [3.05, 3.63) is 53.3 Å². The molecule has 2 aromatic rings. The van der Waals surface area contributed by atoms with Crippen LogP contribution in [0, 0.1) is 0 Å². The number of hydrogen-bond donors (Lipinski definition) is 2. The number of carbonyl (C=O) groups excluding carboxylic acids is 3. The lowest BCUT2D eigenvalue weighted by molar-refractivity contribution is -0.114. The minimum absolute atomic E-state index is 0.122. The summed E-state index contributed by atoms with van der Waals surface area (Å²) in [7, 11) is 0. The number of hydrogen-bond acceptors (Lipinski definition) is 4. The molecule has 2 heterocycles. The van der Waals surface area contributed by atoms with E-state index in [-0.39, 0.29) is 17.9 Å². The van der Waals surface area contributed by atoms with Crippen LogP contribution < -0.4 is 10.6 Å². The predicted octanol–water partition coefficient (Wildman–Crippen LogP) is 4.01. The molecule has 0 radical (unpaired) electrons. The molecule has 176 valence electrons. The summed E-state index contributed by atoms with van der Waals surface area (Å²) in [5, 5.41) is 5.72. The molecule has 1 aromatic heterocycles. The van der Waals surface area contributed by atoms with Gasteiger partial charge in [0.25, 0.3) is 5.91 Å². The van der Waals surface area contributed by atoms with Gasteiger partial charge in [-0.1, -0.05) is 12.1 Å². The van der Waals surface area contributed by atoms with Crippen molar-refractivity contribution in [3.8, 4) is 0 Å². The molecule has 1 aliphatic heterocycles. The van der Waals surface area contributed by atoms with Crippen molar-refractivity contribution in [2.24, 2.45) is 0 Å². The Morgan fingerprint density at radius 3 is 2.30 bits per heavy atom. The van der Waals surface area contributed by atoms with Gasteiger partial charge < -0.3 is 19.9 Å². The van der Waals surface area contributed by atoms with Gasteiger partial charge in [-0.25, -0.2) is 4.79 Å². The molecule has 3 amide bonds. The SMILES string of the molecule is CC(=O)Nc1ccc(CNC(=O)c2ccc3n2CCN(C(=O)OC(C)(C)C)C32CCC2)cc1. The number of aromatic nitrogens is 1. The molecule has 8 nitrogen and oxygen atoms in total. The van der Waals surface area contributed by atoms with E-state index in [1.807, 2.05) is 62.1 Å². The standard InChI is InChI=1S/C25H32N4O4/c1-17(30)27-19-8-6-18(7-9-19)16-26-22(31)20-10-11-21-25(12-5-13-25)29(15-14-28(20)21)23(32)33-24(2,3)4/h6-11H,5,12-16H2,1-4H3,(H,26,31)(H,27,30). The number of benzene rings is 1. The van der Waals surface area contributed by atoms with Gasteiger partial charge in [0.2, 0.25) is 5.91 Å². The molecule has 0 bridgehead atoms. The molecule has 0 atom stereocenters. The van der Waals surface area contributed by atoms with Crippen LogP contribution in [0.25, 0.3) is 0 Å². The maximum atomic E-state index is 13.0. The lowest BCUT2D eigenvalue weighted by atomic mass is 9.72. The molecule has 1 saturated carbocycles. The minimum atomic E-state index is -0.549. The monoisotopic (exact) mass is 452 g/mol. The third kappa shape index (κ3) is 4.60. The fraction of sp³-hybridized carbons (Fsp3) is 0.480. The van der Waals surface area contributed by atoms with Gasteiger partial charge in [-0.2, -0.15) is 0 Å². The van der Waals surface area contributed by atoms with Gasteiger partial charge in [-0.3, -0.25) is 14.5 Å². The van der Waals surface area contributed by atoms with E-state index in [4.69, 9.17) is 4.74 Å². The van der Waals surface area contributed by atoms with Crippen LogP contribution in [-0.4, -0.2) is 39.5 Å². The fourth-order valence-corrected chi connectivity index (χ4v) is 4.67. The predicted molar refractivity (Wildman–Crippen MR) is 125 cm³/mol. The Bertz CT molecular complexity index is 1060. The lowest BCUT2D eigenvalue weighted by Crippen LogP contribution is -2.59. The summed E-state index contributed by atoms with van der Waals surface area (Å²) in [6.45, 7) is 8.54. The van der Waals surface area contributed by atoms with Crippen LogP contribution >= 0.6 is 0 Å². The molecule has 2 N–H and O–H groups in total. The summed E-state index contributed by atoms with van der Waals surface area (Å²) in [4.78, 5) is 38.9. The quantitative estimate of drug-likeness (QED) is 0.733. The first-order chi connectivity index (χ1) is 15.6. The number of anilines is 1. The first-order valence-electron chi connectivity index (χ1n) is 11.4. The van der Waals surface area contributed by atoms with E-state index in [9.17, 15) is 14.4 Å². The number of amides is 3. The summed E-state index contributed by atoms with van der Waals surface area (Å²) in [5.41, 5.74) is 2.34. The normalized spacial score (nSPS) is 16.5. The zero-order valence-electron chi connectivity index (χ0n) is 19.7. The maximum absolute atomic E-state index is 13.0. The molecule has 33 heavy (non-hydrogen) atoms. The highest BCUT2D eigenvalue weighted by Gasteiger charge is 2.51. The van der Waals surface area contributed by atoms with Crippen LogP contribution in [0.2, 0.25) is 0 Å². The van der Waals surface area contributed by atoms with Gasteiger partial charge in [-0.15, -0.1) is 0 Å². The molecule has 2 aliphatic rings. The van der Waals surface area contributed by atoms with Crippen molar-refractivity contribution < 1.29 is 19.1 Å². The van der Waals surface area contributed by atoms with Crippen molar-refractivity contribution in [2.75, 3.05) is 11.9 Å². The fourth-order valence-electron chi connectivity index (χ4n) is 4.67. The van der Waals surface area contributed by atoms with E-state index in [2.05, 4.69) is 15.2 Å². The molecule has 8 heteroatoms. The average molecular weight is 453 g/mol. The Morgan fingerprint density at radius 2 is 1.73 bits per heavy atom. The molecule has 4 rings (SSSR count). The van der Waals surface area contributed by atoms with Gasteiger partial charge in [0.1, 0.15) is 11.3 Å². The molecular weight excluding hydrogens is 420 g/mol. The van der Waals surface area contributed by atoms with Gasteiger partial charge in [0, 0.05) is 37.9 Å². The lowest BCUT2D eigenvalue weighted by Gasteiger charge is -2.53. The molecular formula is C25H32N4O4. The third-order valence-electron chi connectivity index (χ3n) is 6.28. The van der Waals surface area contributed by atoms with Gasteiger partial charge in [-0.05, 0) is 69.9 Å². The zero-order valence-corrected chi connectivity index (χ0v) is 19.7. The van der Waals surface area contributed by atoms with Gasteiger partial charge >= 0.3 is 6.09 Å². The summed E-state index contributed by atoms with van der Waals surface area (Å²) in [5.74, 6) is -0.268. The summed E-state index contributed by atoms with van der Waals surface area (Å²) in [6.07, 6.45) is 2.50. The zero-order chi connectivity index (χ0) is 23.8. The Labute approximate surface area is 194 Å². The van der Waals surface area contributed by atoms with Crippen molar-refractivity contribution in [1.82, 2.24) is 14.8 Å². The summed E-state index contributed by atoms with van der Waals surface area (Å²) >= 11 is 0. The number of nitrogens with one attached hydrogen (secondary N) is 2. The van der Waals surface area contributed by atoms with E-state index in [1.165, 1.54) is 6.92 Å². The first kappa shape index (κ1) is 22.9. The Hall–Kier alpha value is -3.29. The second kappa shape index (κ2) is 8.57. The topological polar surface area (TPSA) is 92.7 Å². The van der Waals surface area contributed by atoms with Crippen molar-refractivity contribution in [3.63, 3.8) is 0 Å². The number of fused-ring (bicyclic) bond motifs is 2. The molecule has 1 aliphatic carbocycles. The maximum Gasteiger partial charge on any atom is 0.411 e. The van der Waals surface area contributed by atoms with Gasteiger partial charge in [0.15, 0.2) is 0 Å². The molecule has 0 saturated heterocycles. The van der Waals surface area contributed by atoms with Crippen LogP contribution in [0.3, 0.4) is 0 Å². The molecule has 1 spiro atoms. The van der Waals surface area contributed by atoms with Crippen molar-refractivity contribution >= 4 is 23.6 Å². The van der Waals surface area contributed by atoms with E-state index in [1.54, 1.807) is 0 Å². The van der Waals surface area contributed by atoms with Crippen LogP contribution in [0.5, 0.6) is 0 Å². The Kier molecular flexibility index (Phi) is 5.95. The second-order valence-electron chi connectivity index (χ2n) is 9.83. The number of rotatable bonds is 4. The number of ether oxygens (including phenoxy) is 1. The summed E-state index contributed by atoms with van der Waals surface area (Å²) < 4.78 is 7.72. The molecule has 1 fully saturated rings. The Morgan fingerprint density at radius 1 is 1.03 bits per heavy atom. The van der Waals surface area contributed by atoms with Crippen molar-refractivity contribution in [2.45, 2.75) is 71.2 Å². The Balaban J connectivity index is 1.46. The van der Waals surface area contributed by atoms with E-state index in [0.717, 1.165) is 36.2 Å². The highest BCUT2D eigenvalue weighted by atomic mass is 16.6. The highest BCUT2D eigenvalue weighted by molar-refractivity contribution is 5.93. The van der Waals surface area contributed by atoms with Crippen LogP contribution in [0.15, 0.2) is 36.4 Å². The van der Waals surface area contributed by atoms with Crippen LogP contribution in [-0.2, 0) is 28.2 Å².